The van der Waals surface area contributed by atoms with Crippen molar-refractivity contribution >= 4 is 12.4 Å². The van der Waals surface area contributed by atoms with E-state index < -0.39 is 0 Å². The van der Waals surface area contributed by atoms with Crippen LogP contribution in [0.25, 0.3) is 6.08 Å². The molecule has 1 aromatic carbocycles. The lowest BCUT2D eigenvalue weighted by Crippen LogP contribution is -1.85. The quantitative estimate of drug-likeness (QED) is 0.432. The molecular weight excluding hydrogens is 184 g/mol. The van der Waals surface area contributed by atoms with Gasteiger partial charge in [-0.05, 0) is 23.8 Å². The average Bonchev–Trinajstić information content (AvgIpc) is 2.19. The first-order valence-corrected chi connectivity index (χ1v) is 3.91. The summed E-state index contributed by atoms with van der Waals surface area (Å²) in [5.74, 6) is -0.429. The Morgan fingerprint density at radius 2 is 2.07 bits per heavy atom. The molecular formula is C10H10O4. The van der Waals surface area contributed by atoms with Crippen molar-refractivity contribution in [2.45, 2.75) is 0 Å². The predicted octanol–water partition coefficient (Wildman–Crippen LogP) is 1.32. The third-order valence-electron chi connectivity index (χ3n) is 1.66. The van der Waals surface area contributed by atoms with Gasteiger partial charge in [0.05, 0.1) is 7.11 Å². The topological polar surface area (TPSA) is 66.8 Å². The van der Waals surface area contributed by atoms with Gasteiger partial charge in [-0.3, -0.25) is 4.79 Å². The molecule has 2 N–H and O–H groups in total. The second kappa shape index (κ2) is 4.32. The van der Waals surface area contributed by atoms with Gasteiger partial charge in [0.15, 0.2) is 11.5 Å². The summed E-state index contributed by atoms with van der Waals surface area (Å²) >= 11 is 0. The van der Waals surface area contributed by atoms with Crippen LogP contribution in [-0.2, 0) is 4.79 Å². The Bertz CT molecular complexity index is 369. The number of hydrogen-bond donors (Lipinski definition) is 2. The minimum atomic E-state index is -0.309. The summed E-state index contributed by atoms with van der Waals surface area (Å²) in [5, 5.41) is 18.5. The van der Waals surface area contributed by atoms with Gasteiger partial charge in [0.2, 0.25) is 5.75 Å². The highest BCUT2D eigenvalue weighted by atomic mass is 16.5. The van der Waals surface area contributed by atoms with Crippen molar-refractivity contribution in [3.05, 3.63) is 23.8 Å². The fraction of sp³-hybridized carbons (Fsp3) is 0.100. The molecule has 0 atom stereocenters. The largest absolute Gasteiger partial charge is 0.504 e. The van der Waals surface area contributed by atoms with Crippen LogP contribution in [0.15, 0.2) is 18.2 Å². The van der Waals surface area contributed by atoms with Gasteiger partial charge in [-0.1, -0.05) is 6.08 Å². The summed E-state index contributed by atoms with van der Waals surface area (Å²) in [4.78, 5) is 10.1. The number of rotatable bonds is 3. The molecule has 4 heteroatoms. The second-order valence-electron chi connectivity index (χ2n) is 2.59. The molecule has 74 valence electrons. The van der Waals surface area contributed by atoms with Crippen molar-refractivity contribution in [1.82, 2.24) is 0 Å². The zero-order chi connectivity index (χ0) is 10.6. The van der Waals surface area contributed by atoms with E-state index >= 15 is 0 Å². The summed E-state index contributed by atoms with van der Waals surface area (Å²) in [6, 6.07) is 2.84. The molecule has 1 rings (SSSR count). The molecule has 0 aliphatic carbocycles. The van der Waals surface area contributed by atoms with Crippen molar-refractivity contribution in [2.24, 2.45) is 0 Å². The summed E-state index contributed by atoms with van der Waals surface area (Å²) in [6.45, 7) is 0. The number of hydrogen-bond acceptors (Lipinski definition) is 4. The van der Waals surface area contributed by atoms with Gasteiger partial charge in [0, 0.05) is 0 Å². The van der Waals surface area contributed by atoms with E-state index in [-0.39, 0.29) is 17.2 Å². The molecule has 0 heterocycles. The molecule has 0 fully saturated rings. The summed E-state index contributed by atoms with van der Waals surface area (Å²) < 4.78 is 4.81. The third-order valence-corrected chi connectivity index (χ3v) is 1.66. The SMILES string of the molecule is COc1cc(/C=C/C=O)cc(O)c1O. The molecule has 1 aromatic rings. The van der Waals surface area contributed by atoms with E-state index in [1.807, 2.05) is 0 Å². The zero-order valence-electron chi connectivity index (χ0n) is 7.60. The number of methoxy groups -OCH3 is 1. The predicted molar refractivity (Wildman–Crippen MR) is 51.4 cm³/mol. The third kappa shape index (κ3) is 2.04. The van der Waals surface area contributed by atoms with Crippen LogP contribution in [-0.4, -0.2) is 23.6 Å². The number of carbonyl (C=O) groups excluding carboxylic acids is 1. The first-order valence-electron chi connectivity index (χ1n) is 3.91. The standard InChI is InChI=1S/C10H10O4/c1-14-9-6-7(3-2-4-11)5-8(12)10(9)13/h2-6,12-13H,1H3/b3-2+. The van der Waals surface area contributed by atoms with Crippen LogP contribution in [0.4, 0.5) is 0 Å². The van der Waals surface area contributed by atoms with Crippen molar-refractivity contribution in [3.63, 3.8) is 0 Å². The van der Waals surface area contributed by atoms with Crippen LogP contribution in [0.2, 0.25) is 0 Å². The zero-order valence-corrected chi connectivity index (χ0v) is 7.60. The van der Waals surface area contributed by atoms with E-state index in [1.54, 1.807) is 0 Å². The maximum absolute atomic E-state index is 10.1. The Balaban J connectivity index is 3.15. The minimum absolute atomic E-state index is 0.163. The normalized spacial score (nSPS) is 10.4. The highest BCUT2D eigenvalue weighted by molar-refractivity contribution is 5.75. The van der Waals surface area contributed by atoms with E-state index in [9.17, 15) is 15.0 Å². The van der Waals surface area contributed by atoms with Crippen molar-refractivity contribution in [3.8, 4) is 17.2 Å². The summed E-state index contributed by atoms with van der Waals surface area (Å²) in [5.41, 5.74) is 0.573. The number of aldehydes is 1. The van der Waals surface area contributed by atoms with E-state index in [0.717, 1.165) is 0 Å². The van der Waals surface area contributed by atoms with E-state index in [2.05, 4.69) is 0 Å². The molecule has 14 heavy (non-hydrogen) atoms. The minimum Gasteiger partial charge on any atom is -0.504 e. The average molecular weight is 194 g/mol. The lowest BCUT2D eigenvalue weighted by atomic mass is 10.1. The first kappa shape index (κ1) is 10.1. The molecule has 0 aromatic heterocycles. The molecule has 4 nitrogen and oxygen atoms in total. The van der Waals surface area contributed by atoms with Crippen LogP contribution < -0.4 is 4.74 Å². The molecule has 0 saturated carbocycles. The van der Waals surface area contributed by atoms with E-state index in [4.69, 9.17) is 4.74 Å². The Hall–Kier alpha value is -1.97. The monoisotopic (exact) mass is 194 g/mol. The number of phenols is 2. The van der Waals surface area contributed by atoms with Crippen LogP contribution in [0.3, 0.4) is 0 Å². The van der Waals surface area contributed by atoms with Gasteiger partial charge >= 0.3 is 0 Å². The van der Waals surface area contributed by atoms with Gasteiger partial charge in [-0.15, -0.1) is 0 Å². The van der Waals surface area contributed by atoms with Crippen LogP contribution in [0, 0.1) is 0 Å². The van der Waals surface area contributed by atoms with Gasteiger partial charge in [-0.2, -0.15) is 0 Å². The fourth-order valence-corrected chi connectivity index (χ4v) is 1.02. The Labute approximate surface area is 81.1 Å². The molecule has 0 aliphatic rings. The Morgan fingerprint density at radius 3 is 2.64 bits per heavy atom. The van der Waals surface area contributed by atoms with Crippen LogP contribution in [0.5, 0.6) is 17.2 Å². The van der Waals surface area contributed by atoms with Gasteiger partial charge in [0.25, 0.3) is 0 Å². The van der Waals surface area contributed by atoms with E-state index in [1.165, 1.54) is 31.4 Å². The molecule has 0 spiro atoms. The van der Waals surface area contributed by atoms with Crippen molar-refractivity contribution in [2.75, 3.05) is 7.11 Å². The van der Waals surface area contributed by atoms with Gasteiger partial charge in [-0.25, -0.2) is 0 Å². The number of ether oxygens (including phenoxy) is 1. The summed E-state index contributed by atoms with van der Waals surface area (Å²) in [6.07, 6.45) is 3.40. The highest BCUT2D eigenvalue weighted by Gasteiger charge is 2.07. The Kier molecular flexibility index (Phi) is 3.12. The molecule has 0 unspecified atom stereocenters. The fourth-order valence-electron chi connectivity index (χ4n) is 1.02. The maximum Gasteiger partial charge on any atom is 0.200 e. The molecule has 0 saturated heterocycles. The van der Waals surface area contributed by atoms with Gasteiger partial charge in [0.1, 0.15) is 6.29 Å². The lowest BCUT2D eigenvalue weighted by molar-refractivity contribution is -0.104. The highest BCUT2D eigenvalue weighted by Crippen LogP contribution is 2.36. The molecule has 0 aliphatic heterocycles. The number of benzene rings is 1. The molecule has 0 amide bonds. The number of carbonyl (C=O) groups is 1. The van der Waals surface area contributed by atoms with Crippen molar-refractivity contribution in [1.29, 1.82) is 0 Å². The van der Waals surface area contributed by atoms with E-state index in [0.29, 0.717) is 11.8 Å². The van der Waals surface area contributed by atoms with Crippen LogP contribution in [0.1, 0.15) is 5.56 Å². The molecule has 0 bridgehead atoms. The van der Waals surface area contributed by atoms with Gasteiger partial charge < -0.3 is 14.9 Å². The number of aromatic hydroxyl groups is 2. The second-order valence-corrected chi connectivity index (χ2v) is 2.59. The van der Waals surface area contributed by atoms with Crippen molar-refractivity contribution < 1.29 is 19.7 Å². The number of phenolic OH excluding ortho intramolecular Hbond substituents is 2. The smallest absolute Gasteiger partial charge is 0.200 e. The first-order chi connectivity index (χ1) is 6.69. The summed E-state index contributed by atoms with van der Waals surface area (Å²) in [7, 11) is 1.38. The number of allylic oxidation sites excluding steroid dienone is 1. The maximum atomic E-state index is 10.1. The van der Waals surface area contributed by atoms with Crippen LogP contribution >= 0.6 is 0 Å². The molecule has 0 radical (unpaired) electrons. The lowest BCUT2D eigenvalue weighted by Gasteiger charge is -2.05. The Morgan fingerprint density at radius 1 is 1.36 bits per heavy atom.